The molecule has 3 atom stereocenters. The fourth-order valence-corrected chi connectivity index (χ4v) is 2.34. The summed E-state index contributed by atoms with van der Waals surface area (Å²) in [4.78, 5) is 0. The van der Waals surface area contributed by atoms with Crippen LogP contribution in [0.25, 0.3) is 0 Å². The summed E-state index contributed by atoms with van der Waals surface area (Å²) >= 11 is 3.41. The molecule has 3 heteroatoms. The van der Waals surface area contributed by atoms with E-state index in [0.717, 1.165) is 22.2 Å². The Labute approximate surface area is 98.4 Å². The molecule has 0 aromatic heterocycles. The van der Waals surface area contributed by atoms with Gasteiger partial charge >= 0.3 is 0 Å². The molecule has 0 spiro atoms. The zero-order chi connectivity index (χ0) is 11.0. The van der Waals surface area contributed by atoms with Crippen LogP contribution in [0.1, 0.15) is 25.0 Å². The molecule has 0 heterocycles. The van der Waals surface area contributed by atoms with E-state index in [1.165, 1.54) is 0 Å². The average Bonchev–Trinajstić information content (AvgIpc) is 2.94. The van der Waals surface area contributed by atoms with Crippen molar-refractivity contribution in [3.05, 3.63) is 28.2 Å². The van der Waals surface area contributed by atoms with Gasteiger partial charge in [0.15, 0.2) is 0 Å². The Hall–Kier alpha value is -0.540. The van der Waals surface area contributed by atoms with Crippen molar-refractivity contribution < 1.29 is 9.84 Å². The second kappa shape index (κ2) is 4.14. The van der Waals surface area contributed by atoms with Crippen LogP contribution in [-0.4, -0.2) is 12.2 Å². The maximum absolute atomic E-state index is 10.2. The van der Waals surface area contributed by atoms with E-state index in [-0.39, 0.29) is 0 Å². The normalized spacial score (nSPS) is 26.1. The van der Waals surface area contributed by atoms with Gasteiger partial charge in [0.2, 0.25) is 0 Å². The molecule has 1 aliphatic rings. The van der Waals surface area contributed by atoms with Gasteiger partial charge in [-0.2, -0.15) is 0 Å². The third-order valence-electron chi connectivity index (χ3n) is 3.09. The number of methoxy groups -OCH3 is 1. The van der Waals surface area contributed by atoms with Crippen LogP contribution >= 0.6 is 15.9 Å². The van der Waals surface area contributed by atoms with Crippen molar-refractivity contribution in [3.63, 3.8) is 0 Å². The number of benzene rings is 1. The highest BCUT2D eigenvalue weighted by atomic mass is 79.9. The van der Waals surface area contributed by atoms with Gasteiger partial charge in [-0.25, -0.2) is 0 Å². The van der Waals surface area contributed by atoms with E-state index in [1.54, 1.807) is 7.11 Å². The zero-order valence-electron chi connectivity index (χ0n) is 8.90. The lowest BCUT2D eigenvalue weighted by molar-refractivity contribution is 0.144. The Morgan fingerprint density at radius 3 is 2.73 bits per heavy atom. The van der Waals surface area contributed by atoms with Gasteiger partial charge < -0.3 is 9.84 Å². The predicted octanol–water partition coefficient (Wildman–Crippen LogP) is 3.15. The Bertz CT molecular complexity index is 365. The molecule has 0 bridgehead atoms. The molecule has 1 aromatic carbocycles. The first-order chi connectivity index (χ1) is 7.13. The summed E-state index contributed by atoms with van der Waals surface area (Å²) in [5.74, 6) is 1.79. The Morgan fingerprint density at radius 2 is 2.20 bits per heavy atom. The molecule has 82 valence electrons. The highest BCUT2D eigenvalue weighted by Gasteiger charge is 2.40. The van der Waals surface area contributed by atoms with Crippen molar-refractivity contribution in [2.24, 2.45) is 11.8 Å². The van der Waals surface area contributed by atoms with Gasteiger partial charge in [0.1, 0.15) is 5.75 Å². The van der Waals surface area contributed by atoms with Gasteiger partial charge in [-0.3, -0.25) is 0 Å². The summed E-state index contributed by atoms with van der Waals surface area (Å²) in [5.41, 5.74) is 0.890. The summed E-state index contributed by atoms with van der Waals surface area (Å²) in [6.45, 7) is 2.17. The van der Waals surface area contributed by atoms with E-state index in [2.05, 4.69) is 22.9 Å². The lowest BCUT2D eigenvalue weighted by Gasteiger charge is -2.14. The summed E-state index contributed by atoms with van der Waals surface area (Å²) in [6.07, 6.45) is 0.712. The average molecular weight is 271 g/mol. The molecule has 2 rings (SSSR count). The third-order valence-corrected chi connectivity index (χ3v) is 3.58. The third kappa shape index (κ3) is 2.18. The fraction of sp³-hybridized carbons (Fsp3) is 0.500. The SMILES string of the molecule is COc1ccc(Br)cc1C(O)C1CC1C. The second-order valence-electron chi connectivity index (χ2n) is 4.21. The molecular formula is C12H15BrO2. The molecule has 0 radical (unpaired) electrons. The molecule has 15 heavy (non-hydrogen) atoms. The number of aliphatic hydroxyl groups is 1. The topological polar surface area (TPSA) is 29.5 Å². The van der Waals surface area contributed by atoms with Crippen LogP contribution in [0, 0.1) is 11.8 Å². The first-order valence-electron chi connectivity index (χ1n) is 5.15. The maximum Gasteiger partial charge on any atom is 0.124 e. The molecule has 1 saturated carbocycles. The molecule has 2 nitrogen and oxygen atoms in total. The minimum absolute atomic E-state index is 0.396. The van der Waals surface area contributed by atoms with E-state index in [9.17, 15) is 5.11 Å². The van der Waals surface area contributed by atoms with Crippen molar-refractivity contribution in [2.45, 2.75) is 19.4 Å². The maximum atomic E-state index is 10.2. The molecule has 0 aliphatic heterocycles. The first-order valence-corrected chi connectivity index (χ1v) is 5.94. The molecule has 1 aliphatic carbocycles. The van der Waals surface area contributed by atoms with E-state index < -0.39 is 6.10 Å². The zero-order valence-corrected chi connectivity index (χ0v) is 10.5. The Kier molecular flexibility index (Phi) is 3.03. The minimum Gasteiger partial charge on any atom is -0.496 e. The summed E-state index contributed by atoms with van der Waals surface area (Å²) in [7, 11) is 1.63. The molecular weight excluding hydrogens is 256 g/mol. The second-order valence-corrected chi connectivity index (χ2v) is 5.12. The van der Waals surface area contributed by atoms with Crippen LogP contribution in [0.2, 0.25) is 0 Å². The number of rotatable bonds is 3. The molecule has 1 aromatic rings. The summed E-state index contributed by atoms with van der Waals surface area (Å²) < 4.78 is 6.23. The summed E-state index contributed by atoms with van der Waals surface area (Å²) in [5, 5.41) is 10.2. The van der Waals surface area contributed by atoms with Crippen LogP contribution < -0.4 is 4.74 Å². The van der Waals surface area contributed by atoms with Gasteiger partial charge in [-0.1, -0.05) is 22.9 Å². The van der Waals surface area contributed by atoms with Crippen LogP contribution in [0.3, 0.4) is 0 Å². The Morgan fingerprint density at radius 1 is 1.53 bits per heavy atom. The lowest BCUT2D eigenvalue weighted by atomic mass is 10.0. The van der Waals surface area contributed by atoms with Crippen molar-refractivity contribution in [1.82, 2.24) is 0 Å². The number of hydrogen-bond donors (Lipinski definition) is 1. The number of hydrogen-bond acceptors (Lipinski definition) is 2. The molecule has 1 N–H and O–H groups in total. The van der Waals surface area contributed by atoms with Gasteiger partial charge in [0.05, 0.1) is 13.2 Å². The van der Waals surface area contributed by atoms with Gasteiger partial charge in [-0.15, -0.1) is 0 Å². The molecule has 0 saturated heterocycles. The predicted molar refractivity (Wildman–Crippen MR) is 62.9 cm³/mol. The highest BCUT2D eigenvalue weighted by Crippen LogP contribution is 2.48. The van der Waals surface area contributed by atoms with Crippen LogP contribution in [0.4, 0.5) is 0 Å². The molecule has 0 amide bonds. The van der Waals surface area contributed by atoms with E-state index >= 15 is 0 Å². The monoisotopic (exact) mass is 270 g/mol. The van der Waals surface area contributed by atoms with Crippen LogP contribution in [0.5, 0.6) is 5.75 Å². The highest BCUT2D eigenvalue weighted by molar-refractivity contribution is 9.10. The van der Waals surface area contributed by atoms with Crippen LogP contribution in [0.15, 0.2) is 22.7 Å². The smallest absolute Gasteiger partial charge is 0.124 e. The van der Waals surface area contributed by atoms with Crippen molar-refractivity contribution >= 4 is 15.9 Å². The van der Waals surface area contributed by atoms with Crippen molar-refractivity contribution in [1.29, 1.82) is 0 Å². The van der Waals surface area contributed by atoms with Crippen LogP contribution in [-0.2, 0) is 0 Å². The fourth-order valence-electron chi connectivity index (χ4n) is 1.96. The molecule has 3 unspecified atom stereocenters. The van der Waals surface area contributed by atoms with E-state index in [4.69, 9.17) is 4.74 Å². The summed E-state index contributed by atoms with van der Waals surface area (Å²) in [6, 6.07) is 5.75. The van der Waals surface area contributed by atoms with Gasteiger partial charge in [-0.05, 0) is 36.5 Å². The minimum atomic E-state index is -0.396. The number of halogens is 1. The molecule has 1 fully saturated rings. The first kappa shape index (κ1) is 11.0. The van der Waals surface area contributed by atoms with Crippen molar-refractivity contribution in [2.75, 3.05) is 7.11 Å². The quantitative estimate of drug-likeness (QED) is 0.915. The van der Waals surface area contributed by atoms with E-state index in [1.807, 2.05) is 18.2 Å². The van der Waals surface area contributed by atoms with Gasteiger partial charge in [0.25, 0.3) is 0 Å². The standard InChI is InChI=1S/C12H15BrO2/c1-7-5-9(7)12(14)10-6-8(13)3-4-11(10)15-2/h3-4,6-7,9,12,14H,5H2,1-2H3. The number of aliphatic hydroxyl groups excluding tert-OH is 1. The Balaban J connectivity index is 2.28. The lowest BCUT2D eigenvalue weighted by Crippen LogP contribution is -2.03. The largest absolute Gasteiger partial charge is 0.496 e. The van der Waals surface area contributed by atoms with Gasteiger partial charge in [0, 0.05) is 10.0 Å². The van der Waals surface area contributed by atoms with E-state index in [0.29, 0.717) is 11.8 Å². The number of ether oxygens (including phenoxy) is 1. The van der Waals surface area contributed by atoms with Crippen molar-refractivity contribution in [3.8, 4) is 5.75 Å².